The first-order valence-electron chi connectivity index (χ1n) is 7.80. The largest absolute Gasteiger partial charge is 0.494 e. The summed E-state index contributed by atoms with van der Waals surface area (Å²) >= 11 is 0. The van der Waals surface area contributed by atoms with Crippen LogP contribution in [-0.4, -0.2) is 37.0 Å². The molecule has 0 bridgehead atoms. The molecule has 0 heterocycles. The van der Waals surface area contributed by atoms with Gasteiger partial charge in [-0.1, -0.05) is 27.7 Å². The first-order valence-corrected chi connectivity index (χ1v) is 7.80. The lowest BCUT2D eigenvalue weighted by Gasteiger charge is -2.17. The normalized spacial score (nSPS) is 11.0. The minimum atomic E-state index is 0.0205. The monoisotopic (exact) mass is 292 g/mol. The molecule has 0 unspecified atom stereocenters. The molecule has 0 aliphatic rings. The van der Waals surface area contributed by atoms with Crippen LogP contribution in [0, 0.1) is 5.92 Å². The lowest BCUT2D eigenvalue weighted by Crippen LogP contribution is -2.32. The number of amides is 1. The van der Waals surface area contributed by atoms with Crippen molar-refractivity contribution in [2.24, 2.45) is 5.92 Å². The highest BCUT2D eigenvalue weighted by Crippen LogP contribution is 2.16. The molecule has 0 aliphatic heterocycles. The Morgan fingerprint density at radius 3 is 2.33 bits per heavy atom. The van der Waals surface area contributed by atoms with Gasteiger partial charge < -0.3 is 10.1 Å². The molecule has 0 aromatic heterocycles. The van der Waals surface area contributed by atoms with Gasteiger partial charge in [-0.3, -0.25) is 9.69 Å². The van der Waals surface area contributed by atoms with Gasteiger partial charge in [0.1, 0.15) is 5.75 Å². The fourth-order valence-corrected chi connectivity index (χ4v) is 1.90. The highest BCUT2D eigenvalue weighted by Gasteiger charge is 2.07. The number of nitrogens with zero attached hydrogens (tertiary/aromatic N) is 1. The van der Waals surface area contributed by atoms with Crippen LogP contribution in [0.4, 0.5) is 5.69 Å². The number of carbonyl (C=O) groups excluding carboxylic acids is 1. The second-order valence-corrected chi connectivity index (χ2v) is 5.56. The van der Waals surface area contributed by atoms with Crippen LogP contribution in [0.3, 0.4) is 0 Å². The summed E-state index contributed by atoms with van der Waals surface area (Å²) in [5, 5.41) is 2.91. The summed E-state index contributed by atoms with van der Waals surface area (Å²) in [6, 6.07) is 7.55. The van der Waals surface area contributed by atoms with Gasteiger partial charge in [-0.2, -0.15) is 0 Å². The molecule has 0 saturated carbocycles. The van der Waals surface area contributed by atoms with E-state index in [1.165, 1.54) is 0 Å². The summed E-state index contributed by atoms with van der Waals surface area (Å²) in [4.78, 5) is 14.0. The molecule has 0 spiro atoms. The average molecular weight is 292 g/mol. The van der Waals surface area contributed by atoms with E-state index in [1.54, 1.807) is 0 Å². The Hall–Kier alpha value is -1.55. The molecule has 118 valence electrons. The molecule has 0 aliphatic carbocycles. The molecular weight excluding hydrogens is 264 g/mol. The fourth-order valence-electron chi connectivity index (χ4n) is 1.90. The molecule has 21 heavy (non-hydrogen) atoms. The Morgan fingerprint density at radius 1 is 1.19 bits per heavy atom. The van der Waals surface area contributed by atoms with Crippen molar-refractivity contribution in [2.45, 2.75) is 34.1 Å². The van der Waals surface area contributed by atoms with Crippen LogP contribution in [0.25, 0.3) is 0 Å². The average Bonchev–Trinajstić information content (AvgIpc) is 2.46. The Kier molecular flexibility index (Phi) is 7.83. The zero-order valence-electron chi connectivity index (χ0n) is 13.7. The van der Waals surface area contributed by atoms with E-state index in [2.05, 4.69) is 37.9 Å². The zero-order chi connectivity index (χ0) is 15.7. The predicted octanol–water partition coefficient (Wildman–Crippen LogP) is 3.39. The van der Waals surface area contributed by atoms with Gasteiger partial charge in [-0.15, -0.1) is 0 Å². The van der Waals surface area contributed by atoms with Crippen molar-refractivity contribution in [3.8, 4) is 5.75 Å². The van der Waals surface area contributed by atoms with Crippen LogP contribution < -0.4 is 10.1 Å². The van der Waals surface area contributed by atoms with Crippen molar-refractivity contribution in [3.05, 3.63) is 24.3 Å². The maximum Gasteiger partial charge on any atom is 0.238 e. The highest BCUT2D eigenvalue weighted by molar-refractivity contribution is 5.92. The Balaban J connectivity index is 2.41. The van der Waals surface area contributed by atoms with Crippen LogP contribution in [-0.2, 0) is 4.79 Å². The molecule has 1 aromatic rings. The first-order chi connectivity index (χ1) is 10.0. The van der Waals surface area contributed by atoms with Gasteiger partial charge in [0.2, 0.25) is 5.91 Å². The third-order valence-corrected chi connectivity index (χ3v) is 3.36. The van der Waals surface area contributed by atoms with Crippen molar-refractivity contribution in [2.75, 3.05) is 31.6 Å². The van der Waals surface area contributed by atoms with E-state index in [9.17, 15) is 4.79 Å². The van der Waals surface area contributed by atoms with Crippen LogP contribution >= 0.6 is 0 Å². The summed E-state index contributed by atoms with van der Waals surface area (Å²) in [7, 11) is 0. The van der Waals surface area contributed by atoms with Crippen LogP contribution in [0.15, 0.2) is 24.3 Å². The third kappa shape index (κ3) is 7.14. The van der Waals surface area contributed by atoms with Crippen molar-refractivity contribution in [1.82, 2.24) is 4.90 Å². The van der Waals surface area contributed by atoms with Crippen molar-refractivity contribution < 1.29 is 9.53 Å². The standard InChI is InChI=1S/C17H28N2O2/c1-5-19(6-2)13-17(20)18-15-7-9-16(10-8-15)21-12-11-14(3)4/h7-10,14H,5-6,11-13H2,1-4H3,(H,18,20). The number of ether oxygens (including phenoxy) is 1. The fraction of sp³-hybridized carbons (Fsp3) is 0.588. The summed E-state index contributed by atoms with van der Waals surface area (Å²) in [5.41, 5.74) is 0.809. The lowest BCUT2D eigenvalue weighted by atomic mass is 10.1. The molecule has 1 N–H and O–H groups in total. The van der Waals surface area contributed by atoms with E-state index >= 15 is 0 Å². The van der Waals surface area contributed by atoms with Gasteiger partial charge in [0.25, 0.3) is 0 Å². The van der Waals surface area contributed by atoms with Crippen LogP contribution in [0.2, 0.25) is 0 Å². The summed E-state index contributed by atoms with van der Waals surface area (Å²) in [6.45, 7) is 11.4. The van der Waals surface area contributed by atoms with E-state index < -0.39 is 0 Å². The summed E-state index contributed by atoms with van der Waals surface area (Å²) in [5.74, 6) is 1.51. The number of anilines is 1. The number of hydrogen-bond acceptors (Lipinski definition) is 3. The second kappa shape index (κ2) is 9.40. The minimum Gasteiger partial charge on any atom is -0.494 e. The van der Waals surface area contributed by atoms with Crippen molar-refractivity contribution >= 4 is 11.6 Å². The summed E-state index contributed by atoms with van der Waals surface area (Å²) < 4.78 is 5.66. The quantitative estimate of drug-likeness (QED) is 0.758. The van der Waals surface area contributed by atoms with E-state index in [-0.39, 0.29) is 5.91 Å². The highest BCUT2D eigenvalue weighted by atomic mass is 16.5. The maximum atomic E-state index is 11.9. The molecule has 1 aromatic carbocycles. The molecule has 0 radical (unpaired) electrons. The van der Waals surface area contributed by atoms with Crippen LogP contribution in [0.5, 0.6) is 5.75 Å². The van der Waals surface area contributed by atoms with E-state index in [0.29, 0.717) is 12.5 Å². The predicted molar refractivity (Wildman–Crippen MR) is 87.8 cm³/mol. The Labute approximate surface area is 128 Å². The van der Waals surface area contributed by atoms with Gasteiger partial charge in [-0.05, 0) is 49.7 Å². The second-order valence-electron chi connectivity index (χ2n) is 5.56. The number of likely N-dealkylation sites (N-methyl/N-ethyl adjacent to an activating group) is 1. The number of nitrogens with one attached hydrogen (secondary N) is 1. The maximum absolute atomic E-state index is 11.9. The van der Waals surface area contributed by atoms with Gasteiger partial charge in [0.15, 0.2) is 0 Å². The smallest absolute Gasteiger partial charge is 0.238 e. The van der Waals surface area contributed by atoms with Gasteiger partial charge in [0, 0.05) is 5.69 Å². The SMILES string of the molecule is CCN(CC)CC(=O)Nc1ccc(OCCC(C)C)cc1. The van der Waals surface area contributed by atoms with Gasteiger partial charge in [-0.25, -0.2) is 0 Å². The van der Waals surface area contributed by atoms with Crippen molar-refractivity contribution in [1.29, 1.82) is 0 Å². The first kappa shape index (κ1) is 17.5. The van der Waals surface area contributed by atoms with Crippen molar-refractivity contribution in [3.63, 3.8) is 0 Å². The van der Waals surface area contributed by atoms with Crippen LogP contribution in [0.1, 0.15) is 34.1 Å². The molecular formula is C17H28N2O2. The molecule has 1 rings (SSSR count). The van der Waals surface area contributed by atoms with E-state index in [1.807, 2.05) is 24.3 Å². The topological polar surface area (TPSA) is 41.6 Å². The third-order valence-electron chi connectivity index (χ3n) is 3.36. The zero-order valence-corrected chi connectivity index (χ0v) is 13.7. The van der Waals surface area contributed by atoms with Gasteiger partial charge in [0.05, 0.1) is 13.2 Å². The molecule has 4 nitrogen and oxygen atoms in total. The minimum absolute atomic E-state index is 0.0205. The number of hydrogen-bond donors (Lipinski definition) is 1. The molecule has 0 atom stereocenters. The number of rotatable bonds is 9. The Morgan fingerprint density at radius 2 is 1.81 bits per heavy atom. The molecule has 0 saturated heterocycles. The van der Waals surface area contributed by atoms with E-state index in [0.717, 1.165) is 37.6 Å². The number of carbonyl (C=O) groups is 1. The molecule has 1 amide bonds. The van der Waals surface area contributed by atoms with Gasteiger partial charge >= 0.3 is 0 Å². The lowest BCUT2D eigenvalue weighted by molar-refractivity contribution is -0.117. The van der Waals surface area contributed by atoms with E-state index in [4.69, 9.17) is 4.74 Å². The number of benzene rings is 1. The Bertz CT molecular complexity index is 411. The molecule has 4 heteroatoms. The summed E-state index contributed by atoms with van der Waals surface area (Å²) in [6.07, 6.45) is 1.04. The molecule has 0 fully saturated rings.